The van der Waals surface area contributed by atoms with Crippen molar-refractivity contribution in [2.75, 3.05) is 0 Å². The summed E-state index contributed by atoms with van der Waals surface area (Å²) in [5.41, 5.74) is 1.54. The molecule has 1 aromatic carbocycles. The third-order valence-corrected chi connectivity index (χ3v) is 4.11. The van der Waals surface area contributed by atoms with Gasteiger partial charge in [0, 0.05) is 11.8 Å². The van der Waals surface area contributed by atoms with Crippen molar-refractivity contribution >= 4 is 11.8 Å². The number of Topliss-reactive ketones (excluding diaryl/α,β-unsaturated/α-hetero) is 1. The van der Waals surface area contributed by atoms with Gasteiger partial charge in [-0.1, -0.05) is 30.4 Å². The van der Waals surface area contributed by atoms with Gasteiger partial charge < -0.3 is 4.74 Å². The van der Waals surface area contributed by atoms with Crippen LogP contribution in [0.4, 0.5) is 0 Å². The minimum atomic E-state index is -0.296. The largest absolute Gasteiger partial charge is 0.459 e. The molecule has 2 aliphatic carbocycles. The fourth-order valence-corrected chi connectivity index (χ4v) is 3.24. The molecule has 3 unspecified atom stereocenters. The fourth-order valence-electron chi connectivity index (χ4n) is 3.24. The summed E-state index contributed by atoms with van der Waals surface area (Å²) in [5, 5.41) is 0. The Labute approximate surface area is 118 Å². The Balaban J connectivity index is 1.93. The molecule has 0 heterocycles. The van der Waals surface area contributed by atoms with Crippen LogP contribution in [0.15, 0.2) is 36.4 Å². The van der Waals surface area contributed by atoms with E-state index < -0.39 is 0 Å². The summed E-state index contributed by atoms with van der Waals surface area (Å²) in [5.74, 6) is 0.0948. The molecular formula is C17H18O3. The molecule has 3 heteroatoms. The number of fused-ring (bicyclic) bond motifs is 2. The molecular weight excluding hydrogens is 252 g/mol. The first kappa shape index (κ1) is 13.1. The molecule has 0 saturated heterocycles. The van der Waals surface area contributed by atoms with E-state index in [1.54, 1.807) is 6.07 Å². The van der Waals surface area contributed by atoms with Gasteiger partial charge in [0.1, 0.15) is 5.78 Å². The topological polar surface area (TPSA) is 43.4 Å². The van der Waals surface area contributed by atoms with Crippen molar-refractivity contribution in [1.82, 2.24) is 0 Å². The Bertz CT molecular complexity index is 586. The first-order valence-electron chi connectivity index (χ1n) is 7.10. The molecule has 1 fully saturated rings. The summed E-state index contributed by atoms with van der Waals surface area (Å²) in [7, 11) is 0. The van der Waals surface area contributed by atoms with Crippen molar-refractivity contribution in [3.63, 3.8) is 0 Å². The summed E-state index contributed by atoms with van der Waals surface area (Å²) in [6, 6.07) is 7.50. The third-order valence-electron chi connectivity index (χ3n) is 4.11. The summed E-state index contributed by atoms with van der Waals surface area (Å²) < 4.78 is 5.30. The second-order valence-corrected chi connectivity index (χ2v) is 5.80. The maximum Gasteiger partial charge on any atom is 0.338 e. The molecule has 3 nitrogen and oxygen atoms in total. The van der Waals surface area contributed by atoms with E-state index in [0.717, 1.165) is 12.0 Å². The highest BCUT2D eigenvalue weighted by atomic mass is 16.5. The Hall–Kier alpha value is -1.90. The molecule has 0 aliphatic heterocycles. The summed E-state index contributed by atoms with van der Waals surface area (Å²) >= 11 is 0. The number of hydrogen-bond donors (Lipinski definition) is 0. The molecule has 3 rings (SSSR count). The first-order chi connectivity index (χ1) is 9.58. The number of ketones is 1. The number of ether oxygens (including phenoxy) is 1. The molecule has 3 atom stereocenters. The quantitative estimate of drug-likeness (QED) is 0.626. The van der Waals surface area contributed by atoms with Gasteiger partial charge >= 0.3 is 5.97 Å². The molecule has 2 bridgehead atoms. The standard InChI is InChI=1S/C17H18O3/c1-10(2)20-17(19)14-6-4-3-5-12(14)15-9-11-7-8-13(15)16(11)18/h3-8,10-11,13,15H,9H2,1-2H3. The van der Waals surface area contributed by atoms with Crippen LogP contribution in [0.2, 0.25) is 0 Å². The van der Waals surface area contributed by atoms with Crippen LogP contribution >= 0.6 is 0 Å². The molecule has 104 valence electrons. The second kappa shape index (κ2) is 4.89. The van der Waals surface area contributed by atoms with Gasteiger partial charge in [-0.3, -0.25) is 4.79 Å². The Morgan fingerprint density at radius 2 is 2.00 bits per heavy atom. The monoisotopic (exact) mass is 270 g/mol. The highest BCUT2D eigenvalue weighted by molar-refractivity contribution is 5.95. The van der Waals surface area contributed by atoms with Crippen molar-refractivity contribution < 1.29 is 14.3 Å². The van der Waals surface area contributed by atoms with Crippen LogP contribution in [0, 0.1) is 11.8 Å². The summed E-state index contributed by atoms with van der Waals surface area (Å²) in [4.78, 5) is 24.2. The Morgan fingerprint density at radius 1 is 1.25 bits per heavy atom. The van der Waals surface area contributed by atoms with Crippen LogP contribution in [0.1, 0.15) is 42.1 Å². The van der Waals surface area contributed by atoms with Crippen molar-refractivity contribution in [3.8, 4) is 0 Å². The van der Waals surface area contributed by atoms with E-state index >= 15 is 0 Å². The van der Waals surface area contributed by atoms with Crippen LogP contribution in [0.25, 0.3) is 0 Å². The molecule has 1 aromatic rings. The molecule has 0 spiro atoms. The van der Waals surface area contributed by atoms with E-state index in [0.29, 0.717) is 11.3 Å². The Kier molecular flexibility index (Phi) is 3.20. The highest BCUT2D eigenvalue weighted by Crippen LogP contribution is 2.47. The molecule has 20 heavy (non-hydrogen) atoms. The van der Waals surface area contributed by atoms with Crippen molar-refractivity contribution in [2.45, 2.75) is 32.3 Å². The van der Waals surface area contributed by atoms with Gasteiger partial charge in [-0.25, -0.2) is 4.79 Å². The number of carbonyl (C=O) groups is 2. The van der Waals surface area contributed by atoms with Gasteiger partial charge in [0.2, 0.25) is 0 Å². The van der Waals surface area contributed by atoms with Gasteiger partial charge in [-0.05, 0) is 37.8 Å². The minimum Gasteiger partial charge on any atom is -0.459 e. The minimum absolute atomic E-state index is 0.0409. The number of hydrogen-bond acceptors (Lipinski definition) is 3. The zero-order chi connectivity index (χ0) is 14.3. The lowest BCUT2D eigenvalue weighted by Gasteiger charge is -2.20. The molecule has 0 N–H and O–H groups in total. The van der Waals surface area contributed by atoms with Crippen LogP contribution in [-0.4, -0.2) is 17.9 Å². The molecule has 1 saturated carbocycles. The van der Waals surface area contributed by atoms with Crippen molar-refractivity contribution in [2.24, 2.45) is 11.8 Å². The number of allylic oxidation sites excluding steroid dienone is 2. The molecule has 0 radical (unpaired) electrons. The molecule has 0 amide bonds. The zero-order valence-corrected chi connectivity index (χ0v) is 11.7. The highest BCUT2D eigenvalue weighted by Gasteiger charge is 2.45. The number of rotatable bonds is 3. The van der Waals surface area contributed by atoms with E-state index in [-0.39, 0.29) is 29.8 Å². The van der Waals surface area contributed by atoms with E-state index in [1.807, 2.05) is 44.2 Å². The SMILES string of the molecule is CC(C)OC(=O)c1ccccc1C1CC2C=CC1C2=O. The number of esters is 1. The van der Waals surface area contributed by atoms with E-state index in [2.05, 4.69) is 0 Å². The second-order valence-electron chi connectivity index (χ2n) is 5.80. The number of benzene rings is 1. The number of carbonyl (C=O) groups excluding carboxylic acids is 2. The van der Waals surface area contributed by atoms with Gasteiger partial charge in [0.15, 0.2) is 0 Å². The summed E-state index contributed by atoms with van der Waals surface area (Å²) in [6.45, 7) is 3.68. The average Bonchev–Trinajstić information content (AvgIpc) is 2.93. The average molecular weight is 270 g/mol. The maximum absolute atomic E-state index is 12.2. The molecule has 2 aliphatic rings. The first-order valence-corrected chi connectivity index (χ1v) is 7.10. The van der Waals surface area contributed by atoms with Crippen LogP contribution in [-0.2, 0) is 9.53 Å². The van der Waals surface area contributed by atoms with Gasteiger partial charge in [0.05, 0.1) is 11.7 Å². The van der Waals surface area contributed by atoms with Crippen LogP contribution in [0.3, 0.4) is 0 Å². The maximum atomic E-state index is 12.2. The molecule has 0 aromatic heterocycles. The van der Waals surface area contributed by atoms with E-state index in [1.165, 1.54) is 0 Å². The van der Waals surface area contributed by atoms with Gasteiger partial charge in [-0.2, -0.15) is 0 Å². The van der Waals surface area contributed by atoms with Crippen molar-refractivity contribution in [1.29, 1.82) is 0 Å². The van der Waals surface area contributed by atoms with Gasteiger partial charge in [0.25, 0.3) is 0 Å². The lowest BCUT2D eigenvalue weighted by Crippen LogP contribution is -2.17. The predicted octanol–water partition coefficient (Wildman–Crippen LogP) is 3.11. The predicted molar refractivity (Wildman–Crippen MR) is 75.5 cm³/mol. The van der Waals surface area contributed by atoms with Crippen molar-refractivity contribution in [3.05, 3.63) is 47.5 Å². The lowest BCUT2D eigenvalue weighted by molar-refractivity contribution is -0.120. The summed E-state index contributed by atoms with van der Waals surface area (Å²) in [6.07, 6.45) is 4.66. The Morgan fingerprint density at radius 3 is 2.60 bits per heavy atom. The van der Waals surface area contributed by atoms with E-state index in [9.17, 15) is 9.59 Å². The van der Waals surface area contributed by atoms with Crippen LogP contribution < -0.4 is 0 Å². The smallest absolute Gasteiger partial charge is 0.338 e. The lowest BCUT2D eigenvalue weighted by atomic mass is 9.84. The van der Waals surface area contributed by atoms with Crippen LogP contribution in [0.5, 0.6) is 0 Å². The van der Waals surface area contributed by atoms with E-state index in [4.69, 9.17) is 4.74 Å². The fraction of sp³-hybridized carbons (Fsp3) is 0.412. The normalized spacial score (nSPS) is 27.4. The van der Waals surface area contributed by atoms with Gasteiger partial charge in [-0.15, -0.1) is 0 Å². The zero-order valence-electron chi connectivity index (χ0n) is 11.7. The third kappa shape index (κ3) is 2.07.